The number of thiophene rings is 1. The molecule has 71 heavy (non-hydrogen) atoms. The molecule has 334 valence electrons. The van der Waals surface area contributed by atoms with Crippen molar-refractivity contribution in [2.24, 2.45) is 0 Å². The van der Waals surface area contributed by atoms with Crippen LogP contribution in [0.3, 0.4) is 0 Å². The zero-order chi connectivity index (χ0) is 47.0. The van der Waals surface area contributed by atoms with Gasteiger partial charge in [0, 0.05) is 71.8 Å². The monoisotopic (exact) mass is 926 g/mol. The molecule has 0 atom stereocenters. The third kappa shape index (κ3) is 5.30. The van der Waals surface area contributed by atoms with E-state index in [1.165, 1.54) is 86.1 Å². The average Bonchev–Trinajstić information content (AvgIpc) is 4.10. The molecule has 3 aromatic heterocycles. The Bertz CT molecular complexity index is 4530. The fourth-order valence-corrected chi connectivity index (χ4v) is 14.3. The number of benzene rings is 10. The van der Waals surface area contributed by atoms with E-state index in [9.17, 15) is 0 Å². The number of aryl methyl sites for hydroxylation is 2. The second-order valence-corrected chi connectivity index (χ2v) is 21.6. The van der Waals surface area contributed by atoms with Crippen LogP contribution in [0.2, 0.25) is 0 Å². The molecule has 0 fully saturated rings. The highest BCUT2D eigenvalue weighted by atomic mass is 32.1. The molecule has 0 N–H and O–H groups in total. The lowest BCUT2D eigenvalue weighted by Gasteiger charge is -2.34. The number of rotatable bonds is 3. The molecule has 0 radical (unpaired) electrons. The summed E-state index contributed by atoms with van der Waals surface area (Å²) in [6.07, 6.45) is 0. The van der Waals surface area contributed by atoms with Gasteiger partial charge >= 0.3 is 0 Å². The van der Waals surface area contributed by atoms with Gasteiger partial charge in [-0.3, -0.25) is 0 Å². The van der Waals surface area contributed by atoms with E-state index in [1.807, 2.05) is 11.3 Å². The number of nitrogens with zero attached hydrogens (tertiary/aromatic N) is 2. The summed E-state index contributed by atoms with van der Waals surface area (Å²) < 4.78 is 21.9. The summed E-state index contributed by atoms with van der Waals surface area (Å²) in [7, 11) is 0. The lowest BCUT2D eigenvalue weighted by molar-refractivity contribution is 0.464. The number of hydrogen-bond donors (Lipinski definition) is 0. The van der Waals surface area contributed by atoms with Gasteiger partial charge in [-0.15, -0.1) is 11.3 Å². The van der Waals surface area contributed by atoms with Gasteiger partial charge in [0.25, 0.3) is 6.71 Å². The van der Waals surface area contributed by atoms with Crippen molar-refractivity contribution in [1.29, 1.82) is 0 Å². The van der Waals surface area contributed by atoms with Crippen LogP contribution in [-0.2, 0) is 5.41 Å². The molecule has 1 aliphatic carbocycles. The standard InChI is InChI=1S/C65H43BN2O2S/c1-36-22-25-45-43-17-9-12-20-53(43)67(55(45)28-36)41-32-58-62-59(33-41)70-57-31-40(24-27-52(57)66(62)51-26-23-39(30-56(51)69-58)38-14-6-5-7-15-38)68-54-21-13-10-18-44(54)47-29-37(2)61-48-34-50-46(35-60(48)71-64(61)63(47)68)42-16-8-11-19-49(42)65(50,3)4/h5-35H,1-4H3. The van der Waals surface area contributed by atoms with E-state index in [0.29, 0.717) is 0 Å². The van der Waals surface area contributed by atoms with Crippen molar-refractivity contribution in [3.8, 4) is 56.6 Å². The molecule has 13 aromatic rings. The van der Waals surface area contributed by atoms with E-state index in [2.05, 4.69) is 225 Å². The molecule has 0 saturated carbocycles. The van der Waals surface area contributed by atoms with Crippen LogP contribution in [0.25, 0.3) is 97.4 Å². The quantitative estimate of drug-likeness (QED) is 0.165. The Morgan fingerprint density at radius 3 is 1.93 bits per heavy atom. The van der Waals surface area contributed by atoms with Gasteiger partial charge in [-0.05, 0) is 118 Å². The molecule has 6 heteroatoms. The van der Waals surface area contributed by atoms with Crippen LogP contribution in [0.15, 0.2) is 188 Å². The van der Waals surface area contributed by atoms with E-state index < -0.39 is 0 Å². The van der Waals surface area contributed by atoms with Gasteiger partial charge in [-0.25, -0.2) is 0 Å². The highest BCUT2D eigenvalue weighted by molar-refractivity contribution is 7.26. The minimum Gasteiger partial charge on any atom is -0.458 e. The first kappa shape index (κ1) is 39.5. The van der Waals surface area contributed by atoms with Crippen LogP contribution < -0.4 is 25.9 Å². The molecule has 0 spiro atoms. The molecule has 0 saturated heterocycles. The van der Waals surface area contributed by atoms with Gasteiger partial charge in [0.2, 0.25) is 0 Å². The Morgan fingerprint density at radius 2 is 1.13 bits per heavy atom. The molecule has 5 heterocycles. The van der Waals surface area contributed by atoms with E-state index in [0.717, 1.165) is 72.9 Å². The van der Waals surface area contributed by atoms with Crippen molar-refractivity contribution < 1.29 is 9.47 Å². The largest absolute Gasteiger partial charge is 0.458 e. The van der Waals surface area contributed by atoms with Crippen LogP contribution >= 0.6 is 11.3 Å². The van der Waals surface area contributed by atoms with Crippen LogP contribution in [0.5, 0.6) is 23.0 Å². The predicted molar refractivity (Wildman–Crippen MR) is 298 cm³/mol. The van der Waals surface area contributed by atoms with Crippen LogP contribution in [0.4, 0.5) is 0 Å². The molecule has 0 bridgehead atoms. The average molecular weight is 927 g/mol. The maximum atomic E-state index is 7.33. The molecule has 3 aliphatic rings. The second-order valence-electron chi connectivity index (χ2n) is 20.5. The topological polar surface area (TPSA) is 28.3 Å². The summed E-state index contributed by atoms with van der Waals surface area (Å²) >= 11 is 1.93. The van der Waals surface area contributed by atoms with Gasteiger partial charge in [-0.2, -0.15) is 0 Å². The Hall–Kier alpha value is -8.32. The van der Waals surface area contributed by atoms with Crippen molar-refractivity contribution in [1.82, 2.24) is 9.13 Å². The Morgan fingerprint density at radius 1 is 0.465 bits per heavy atom. The van der Waals surface area contributed by atoms with E-state index in [1.54, 1.807) is 0 Å². The van der Waals surface area contributed by atoms with Gasteiger partial charge in [0.05, 0.1) is 32.5 Å². The molecule has 0 unspecified atom stereocenters. The van der Waals surface area contributed by atoms with Gasteiger partial charge in [-0.1, -0.05) is 135 Å². The van der Waals surface area contributed by atoms with Crippen molar-refractivity contribution in [3.63, 3.8) is 0 Å². The number of aromatic nitrogens is 2. The normalized spacial score (nSPS) is 13.9. The molecule has 16 rings (SSSR count). The molecular weight excluding hydrogens is 884 g/mol. The number of fused-ring (bicyclic) bond motifs is 17. The second kappa shape index (κ2) is 13.9. The molecular formula is C65H43BN2O2S. The zero-order valence-electron chi connectivity index (χ0n) is 39.6. The van der Waals surface area contributed by atoms with Crippen LogP contribution in [-0.4, -0.2) is 15.8 Å². The Labute approximate surface area is 414 Å². The van der Waals surface area contributed by atoms with E-state index in [-0.39, 0.29) is 12.1 Å². The fraction of sp³-hybridized carbons (Fsp3) is 0.0769. The Kier molecular flexibility index (Phi) is 7.76. The fourth-order valence-electron chi connectivity index (χ4n) is 12.9. The van der Waals surface area contributed by atoms with Crippen molar-refractivity contribution in [2.45, 2.75) is 33.1 Å². The number of para-hydroxylation sites is 2. The van der Waals surface area contributed by atoms with Gasteiger partial charge in [0.1, 0.15) is 23.0 Å². The van der Waals surface area contributed by atoms with Crippen molar-refractivity contribution in [2.75, 3.05) is 0 Å². The van der Waals surface area contributed by atoms with Gasteiger partial charge in [0.15, 0.2) is 0 Å². The summed E-state index contributed by atoms with van der Waals surface area (Å²) in [4.78, 5) is 0. The Balaban J connectivity index is 0.931. The third-order valence-electron chi connectivity index (χ3n) is 16.2. The maximum Gasteiger partial charge on any atom is 0.260 e. The predicted octanol–water partition coefficient (Wildman–Crippen LogP) is 15.6. The summed E-state index contributed by atoms with van der Waals surface area (Å²) in [6.45, 7) is 9.12. The van der Waals surface area contributed by atoms with Crippen molar-refractivity contribution in [3.05, 3.63) is 210 Å². The zero-order valence-corrected chi connectivity index (χ0v) is 40.4. The molecule has 4 nitrogen and oxygen atoms in total. The number of ether oxygens (including phenoxy) is 2. The minimum absolute atomic E-state index is 0.0811. The molecule has 0 amide bonds. The van der Waals surface area contributed by atoms with E-state index >= 15 is 0 Å². The lowest BCUT2D eigenvalue weighted by Crippen LogP contribution is -2.57. The first-order valence-corrected chi connectivity index (χ1v) is 25.5. The highest BCUT2D eigenvalue weighted by Crippen LogP contribution is 2.53. The van der Waals surface area contributed by atoms with Crippen LogP contribution in [0, 0.1) is 13.8 Å². The lowest BCUT2D eigenvalue weighted by atomic mass is 9.35. The molecule has 10 aromatic carbocycles. The summed E-state index contributed by atoms with van der Waals surface area (Å²) in [6, 6.07) is 69.5. The summed E-state index contributed by atoms with van der Waals surface area (Å²) in [5, 5.41) is 7.63. The third-order valence-corrected chi connectivity index (χ3v) is 17.3. The maximum absolute atomic E-state index is 7.33. The van der Waals surface area contributed by atoms with E-state index in [4.69, 9.17) is 9.47 Å². The van der Waals surface area contributed by atoms with Crippen LogP contribution in [0.1, 0.15) is 36.1 Å². The number of hydrogen-bond acceptors (Lipinski definition) is 3. The minimum atomic E-state index is -0.104. The first-order chi connectivity index (χ1) is 34.8. The smallest absolute Gasteiger partial charge is 0.260 e. The first-order valence-electron chi connectivity index (χ1n) is 24.7. The van der Waals surface area contributed by atoms with Gasteiger partial charge < -0.3 is 18.6 Å². The van der Waals surface area contributed by atoms with Crippen molar-refractivity contribution >= 4 is 98.2 Å². The summed E-state index contributed by atoms with van der Waals surface area (Å²) in [5.41, 5.74) is 20.3. The SMILES string of the molecule is Cc1ccc2c3ccccc3n(-c3cc4c5c(c3)Oc3cc(-n6c7ccccc7c7cc(C)c8c9cc%10c(cc9sc8c76)-c6ccccc6C%10(C)C)ccc3B5c3ccc(-c5ccccc5)cc3O4)c2c1. The highest BCUT2D eigenvalue weighted by Gasteiger charge is 2.41. The molecule has 2 aliphatic heterocycles. The summed E-state index contributed by atoms with van der Waals surface area (Å²) in [5.74, 6) is 3.34.